The number of hydrogen-bond acceptors (Lipinski definition) is 3. The summed E-state index contributed by atoms with van der Waals surface area (Å²) >= 11 is 6.06. The molecule has 1 aliphatic rings. The van der Waals surface area contributed by atoms with E-state index in [0.29, 0.717) is 12.5 Å². The van der Waals surface area contributed by atoms with Crippen LogP contribution in [0.1, 0.15) is 43.5 Å². The van der Waals surface area contributed by atoms with Crippen LogP contribution in [0.15, 0.2) is 23.1 Å². The Bertz CT molecular complexity index is 683. The maximum absolute atomic E-state index is 12.4. The van der Waals surface area contributed by atoms with Crippen molar-refractivity contribution in [3.05, 3.63) is 28.8 Å². The van der Waals surface area contributed by atoms with Gasteiger partial charge in [0, 0.05) is 12.8 Å². The van der Waals surface area contributed by atoms with Crippen LogP contribution < -0.4 is 5.32 Å². The summed E-state index contributed by atoms with van der Waals surface area (Å²) in [4.78, 5) is 12.4. The van der Waals surface area contributed by atoms with Crippen molar-refractivity contribution < 1.29 is 13.2 Å². The number of carbonyl (C=O) groups is 1. The molecular weight excluding hydrogens is 322 g/mol. The fourth-order valence-corrected chi connectivity index (χ4v) is 4.33. The number of halogens is 1. The molecule has 122 valence electrons. The molecule has 4 nitrogen and oxygen atoms in total. The molecular formula is C16H22ClNO3S. The molecule has 0 aromatic heterocycles. The second-order valence-electron chi connectivity index (χ2n) is 6.67. The molecule has 0 radical (unpaired) electrons. The molecule has 1 aromatic carbocycles. The minimum absolute atomic E-state index is 0.0248. The second-order valence-corrected chi connectivity index (χ2v) is 9.06. The molecule has 0 bridgehead atoms. The first-order valence-corrected chi connectivity index (χ1v) is 9.66. The van der Waals surface area contributed by atoms with Crippen LogP contribution in [0.5, 0.6) is 0 Å². The summed E-state index contributed by atoms with van der Waals surface area (Å²) in [5, 5.41) is 3.02. The zero-order valence-corrected chi connectivity index (χ0v) is 14.7. The molecule has 1 aliphatic carbocycles. The highest BCUT2D eigenvalue weighted by Gasteiger charge is 2.34. The lowest BCUT2D eigenvalue weighted by atomic mass is 9.82. The summed E-state index contributed by atoms with van der Waals surface area (Å²) in [5.41, 5.74) is 0.246. The Morgan fingerprint density at radius 1 is 1.41 bits per heavy atom. The van der Waals surface area contributed by atoms with E-state index in [1.54, 1.807) is 0 Å². The third-order valence-corrected chi connectivity index (χ3v) is 6.04. The Morgan fingerprint density at radius 3 is 2.64 bits per heavy atom. The average Bonchev–Trinajstić information content (AvgIpc) is 2.73. The van der Waals surface area contributed by atoms with Gasteiger partial charge in [-0.3, -0.25) is 4.79 Å². The Kier molecular flexibility index (Phi) is 4.87. The lowest BCUT2D eigenvalue weighted by Crippen LogP contribution is -2.34. The van der Waals surface area contributed by atoms with Gasteiger partial charge in [-0.1, -0.05) is 37.9 Å². The summed E-state index contributed by atoms with van der Waals surface area (Å²) in [5.74, 6) is -0.0191. The highest BCUT2D eigenvalue weighted by molar-refractivity contribution is 7.90. The lowest BCUT2D eigenvalue weighted by molar-refractivity contribution is 0.0934. The smallest absolute Gasteiger partial charge is 0.254 e. The quantitative estimate of drug-likeness (QED) is 0.912. The van der Waals surface area contributed by atoms with Crippen molar-refractivity contribution in [1.82, 2.24) is 5.32 Å². The molecule has 1 atom stereocenters. The number of hydrogen-bond donors (Lipinski definition) is 1. The summed E-state index contributed by atoms with van der Waals surface area (Å²) < 4.78 is 23.7. The van der Waals surface area contributed by atoms with Crippen molar-refractivity contribution in [3.8, 4) is 0 Å². The first kappa shape index (κ1) is 17.3. The van der Waals surface area contributed by atoms with Crippen LogP contribution in [-0.2, 0) is 9.84 Å². The van der Waals surface area contributed by atoms with Gasteiger partial charge in [0.2, 0.25) is 0 Å². The molecule has 1 N–H and O–H groups in total. The van der Waals surface area contributed by atoms with Crippen LogP contribution >= 0.6 is 11.6 Å². The monoisotopic (exact) mass is 343 g/mol. The summed E-state index contributed by atoms with van der Waals surface area (Å²) in [6.07, 6.45) is 4.46. The van der Waals surface area contributed by atoms with Crippen LogP contribution in [0, 0.1) is 11.3 Å². The van der Waals surface area contributed by atoms with Gasteiger partial charge in [0.1, 0.15) is 0 Å². The van der Waals surface area contributed by atoms with E-state index >= 15 is 0 Å². The third-order valence-electron chi connectivity index (χ3n) is 4.59. The molecule has 0 heterocycles. The highest BCUT2D eigenvalue weighted by atomic mass is 35.5. The summed E-state index contributed by atoms with van der Waals surface area (Å²) in [7, 11) is -3.51. The average molecular weight is 344 g/mol. The first-order chi connectivity index (χ1) is 10.1. The Balaban J connectivity index is 2.20. The molecule has 1 amide bonds. The number of carbonyl (C=O) groups excluding carboxylic acids is 1. The van der Waals surface area contributed by atoms with Crippen LogP contribution in [0.4, 0.5) is 0 Å². The standard InChI is InChI=1S/C16H22ClNO3S/c1-16(2)9-5-6-11(16)10-18-15(19)14-12(17)7-4-8-13(14)22(3,20)21/h4,7-8,11H,5-6,9-10H2,1-3H3,(H,18,19). The maximum atomic E-state index is 12.4. The summed E-state index contributed by atoms with van der Waals surface area (Å²) in [6, 6.07) is 4.48. The van der Waals surface area contributed by atoms with Gasteiger partial charge in [0.25, 0.3) is 5.91 Å². The predicted octanol–water partition coefficient (Wildman–Crippen LogP) is 3.30. The molecule has 1 unspecified atom stereocenters. The van der Waals surface area contributed by atoms with Gasteiger partial charge in [-0.05, 0) is 36.3 Å². The van der Waals surface area contributed by atoms with E-state index in [1.165, 1.54) is 18.2 Å². The maximum Gasteiger partial charge on any atom is 0.254 e. The topological polar surface area (TPSA) is 63.2 Å². The fourth-order valence-electron chi connectivity index (χ4n) is 3.12. The van der Waals surface area contributed by atoms with Gasteiger partial charge in [-0.25, -0.2) is 8.42 Å². The highest BCUT2D eigenvalue weighted by Crippen LogP contribution is 2.42. The van der Waals surface area contributed by atoms with E-state index < -0.39 is 15.7 Å². The molecule has 1 saturated carbocycles. The fraction of sp³-hybridized carbons (Fsp3) is 0.562. The van der Waals surface area contributed by atoms with E-state index in [1.807, 2.05) is 0 Å². The van der Waals surface area contributed by atoms with Crippen LogP contribution in [0.3, 0.4) is 0 Å². The molecule has 6 heteroatoms. The molecule has 1 aromatic rings. The van der Waals surface area contributed by atoms with Gasteiger partial charge in [-0.15, -0.1) is 0 Å². The Morgan fingerprint density at radius 2 is 2.09 bits per heavy atom. The number of nitrogens with one attached hydrogen (secondary N) is 1. The van der Waals surface area contributed by atoms with Gasteiger partial charge in [0.15, 0.2) is 9.84 Å². The van der Waals surface area contributed by atoms with Crippen molar-refractivity contribution >= 4 is 27.3 Å². The van der Waals surface area contributed by atoms with E-state index in [2.05, 4.69) is 19.2 Å². The summed E-state index contributed by atoms with van der Waals surface area (Å²) in [6.45, 7) is 4.95. The lowest BCUT2D eigenvalue weighted by Gasteiger charge is -2.27. The van der Waals surface area contributed by atoms with Crippen molar-refractivity contribution in [2.75, 3.05) is 12.8 Å². The van der Waals surface area contributed by atoms with Gasteiger partial charge < -0.3 is 5.32 Å². The van der Waals surface area contributed by atoms with Crippen LogP contribution in [0.2, 0.25) is 5.02 Å². The molecule has 0 spiro atoms. The van der Waals surface area contributed by atoms with Crippen LogP contribution in [0.25, 0.3) is 0 Å². The molecule has 22 heavy (non-hydrogen) atoms. The molecule has 0 aliphatic heterocycles. The SMILES string of the molecule is CC1(C)CCCC1CNC(=O)c1c(Cl)cccc1S(C)(=O)=O. The van der Waals surface area contributed by atoms with Crippen molar-refractivity contribution in [2.45, 2.75) is 38.0 Å². The largest absolute Gasteiger partial charge is 0.352 e. The van der Waals surface area contributed by atoms with Crippen molar-refractivity contribution in [2.24, 2.45) is 11.3 Å². The molecule has 2 rings (SSSR count). The minimum Gasteiger partial charge on any atom is -0.352 e. The van der Waals surface area contributed by atoms with Crippen molar-refractivity contribution in [1.29, 1.82) is 0 Å². The van der Waals surface area contributed by atoms with E-state index in [4.69, 9.17) is 11.6 Å². The number of benzene rings is 1. The van der Waals surface area contributed by atoms with E-state index in [-0.39, 0.29) is 20.9 Å². The van der Waals surface area contributed by atoms with E-state index in [9.17, 15) is 13.2 Å². The number of sulfone groups is 1. The van der Waals surface area contributed by atoms with E-state index in [0.717, 1.165) is 25.5 Å². The zero-order valence-electron chi connectivity index (χ0n) is 13.1. The third kappa shape index (κ3) is 3.63. The molecule has 1 fully saturated rings. The number of amides is 1. The first-order valence-electron chi connectivity index (χ1n) is 7.40. The van der Waals surface area contributed by atoms with Gasteiger partial charge in [0.05, 0.1) is 15.5 Å². The van der Waals surface area contributed by atoms with Crippen molar-refractivity contribution in [3.63, 3.8) is 0 Å². The predicted molar refractivity (Wildman–Crippen MR) is 88.0 cm³/mol. The zero-order chi connectivity index (χ0) is 16.5. The number of rotatable bonds is 4. The minimum atomic E-state index is -3.51. The second kappa shape index (κ2) is 6.20. The normalized spacial score (nSPS) is 20.8. The Hall–Kier alpha value is -1.07. The van der Waals surface area contributed by atoms with Crippen LogP contribution in [-0.4, -0.2) is 27.1 Å². The van der Waals surface area contributed by atoms with Gasteiger partial charge >= 0.3 is 0 Å². The Labute approximate surface area is 137 Å². The van der Waals surface area contributed by atoms with Gasteiger partial charge in [-0.2, -0.15) is 0 Å². The molecule has 0 saturated heterocycles.